The van der Waals surface area contributed by atoms with Crippen LogP contribution in [0.15, 0.2) is 29.2 Å². The highest BCUT2D eigenvalue weighted by Gasteiger charge is 2.87. The summed E-state index contributed by atoms with van der Waals surface area (Å²) in [5, 5.41) is 0. The molecule has 0 saturated heterocycles. The van der Waals surface area contributed by atoms with E-state index in [4.69, 9.17) is 0 Å². The summed E-state index contributed by atoms with van der Waals surface area (Å²) in [5.74, 6) is 0. The van der Waals surface area contributed by atoms with Gasteiger partial charge in [0.05, 0.1) is 4.90 Å². The van der Waals surface area contributed by atoms with Crippen molar-refractivity contribution in [3.05, 3.63) is 29.8 Å². The van der Waals surface area contributed by atoms with Crippen LogP contribution in [-0.4, -0.2) is 32.5 Å². The third kappa shape index (κ3) is 3.45. The molecule has 3 nitrogen and oxygen atoms in total. The fraction of sp³-hybridized carbons (Fsp3) is 0.455. The lowest BCUT2D eigenvalue weighted by molar-refractivity contribution is -0.436. The van der Waals surface area contributed by atoms with Crippen molar-refractivity contribution >= 4 is 10.1 Å². The number of aryl methyl sites for hydroxylation is 1. The molecule has 0 unspecified atom stereocenters. The van der Waals surface area contributed by atoms with Gasteiger partial charge in [-0.25, -0.2) is 4.18 Å². The van der Waals surface area contributed by atoms with Gasteiger partial charge in [0, 0.05) is 0 Å². The molecule has 0 fully saturated rings. The van der Waals surface area contributed by atoms with E-state index in [-0.39, 0.29) is 0 Å². The lowest BCUT2D eigenvalue weighted by Gasteiger charge is -2.37. The van der Waals surface area contributed by atoms with E-state index in [2.05, 4.69) is 4.18 Å². The van der Waals surface area contributed by atoms with E-state index >= 15 is 0 Å². The van der Waals surface area contributed by atoms with Gasteiger partial charge in [-0.15, -0.1) is 0 Å². The van der Waals surface area contributed by atoms with Crippen LogP contribution in [0.3, 0.4) is 0 Å². The molecule has 0 spiro atoms. The van der Waals surface area contributed by atoms with Crippen LogP contribution in [0.5, 0.6) is 0 Å². The van der Waals surface area contributed by atoms with Gasteiger partial charge in [0.15, 0.2) is 0 Å². The highest BCUT2D eigenvalue weighted by Crippen LogP contribution is 2.55. The van der Waals surface area contributed by atoms with E-state index in [0.29, 0.717) is 17.7 Å². The Kier molecular flexibility index (Phi) is 4.96. The summed E-state index contributed by atoms with van der Waals surface area (Å²) in [6.45, 7) is 1.39. The van der Waals surface area contributed by atoms with Crippen LogP contribution in [0.1, 0.15) is 5.56 Å². The highest BCUT2D eigenvalue weighted by molar-refractivity contribution is 7.86. The van der Waals surface area contributed by atoms with Gasteiger partial charge in [-0.05, 0) is 19.1 Å². The van der Waals surface area contributed by atoms with Gasteiger partial charge in [-0.2, -0.15) is 47.9 Å². The topological polar surface area (TPSA) is 43.4 Å². The molecule has 1 aromatic carbocycles. The first-order chi connectivity index (χ1) is 10.5. The molecule has 24 heavy (non-hydrogen) atoms. The minimum atomic E-state index is -7.14. The van der Waals surface area contributed by atoms with Crippen LogP contribution in [0.25, 0.3) is 0 Å². The zero-order valence-corrected chi connectivity index (χ0v) is 12.2. The average Bonchev–Trinajstić information content (AvgIpc) is 2.32. The molecule has 0 aromatic heterocycles. The van der Waals surface area contributed by atoms with Crippen molar-refractivity contribution in [1.82, 2.24) is 0 Å². The van der Waals surface area contributed by atoms with Crippen LogP contribution in [0.4, 0.5) is 39.5 Å². The van der Waals surface area contributed by atoms with E-state index in [1.54, 1.807) is 0 Å². The fourth-order valence-corrected chi connectivity index (χ4v) is 2.72. The molecular formula is C11H7F9O3S. The first-order valence-corrected chi connectivity index (χ1v) is 7.09. The summed E-state index contributed by atoms with van der Waals surface area (Å²) in [7, 11) is -6.04. The van der Waals surface area contributed by atoms with Crippen molar-refractivity contribution in [2.45, 2.75) is 35.9 Å². The first kappa shape index (κ1) is 20.5. The lowest BCUT2D eigenvalue weighted by Crippen LogP contribution is -2.68. The third-order valence-electron chi connectivity index (χ3n) is 2.74. The average molecular weight is 390 g/mol. The lowest BCUT2D eigenvalue weighted by atomic mass is 10.0. The zero-order chi connectivity index (χ0) is 19.2. The molecule has 13 heteroatoms. The van der Waals surface area contributed by atoms with E-state index in [1.807, 2.05) is 0 Å². The van der Waals surface area contributed by atoms with E-state index in [1.165, 1.54) is 6.92 Å². The summed E-state index contributed by atoms with van der Waals surface area (Å²) >= 11 is 0. The number of alkyl halides is 9. The predicted molar refractivity (Wildman–Crippen MR) is 60.3 cm³/mol. The molecule has 0 aliphatic rings. The van der Waals surface area contributed by atoms with Crippen molar-refractivity contribution in [2.24, 2.45) is 0 Å². The molecule has 0 saturated carbocycles. The molecule has 0 atom stereocenters. The fourth-order valence-electron chi connectivity index (χ4n) is 1.54. The van der Waals surface area contributed by atoms with Crippen molar-refractivity contribution in [1.29, 1.82) is 0 Å². The Morgan fingerprint density at radius 3 is 1.38 bits per heavy atom. The number of hydrogen-bond donors (Lipinski definition) is 0. The Labute approximate surface area is 129 Å². The van der Waals surface area contributed by atoms with Gasteiger partial charge < -0.3 is 0 Å². The van der Waals surface area contributed by atoms with Gasteiger partial charge in [0.1, 0.15) is 0 Å². The number of rotatable bonds is 3. The van der Waals surface area contributed by atoms with Crippen molar-refractivity contribution in [3.63, 3.8) is 0 Å². The number of halogens is 9. The van der Waals surface area contributed by atoms with Crippen LogP contribution in [0.2, 0.25) is 0 Å². The van der Waals surface area contributed by atoms with Crippen LogP contribution < -0.4 is 0 Å². The number of benzene rings is 1. The molecule has 1 rings (SSSR count). The molecule has 1 aromatic rings. The van der Waals surface area contributed by atoms with E-state index < -0.39 is 39.1 Å². The summed E-state index contributed by atoms with van der Waals surface area (Å²) in [6, 6.07) is 2.93. The van der Waals surface area contributed by atoms with Gasteiger partial charge in [-0.1, -0.05) is 17.7 Å². The molecule has 0 aliphatic carbocycles. The normalized spacial score (nSPS) is 14.8. The SMILES string of the molecule is Cc1ccc(S(=O)(=O)OC(C(F)(F)F)(C(F)(F)F)C(F)(F)F)cc1. The Balaban J connectivity index is 3.61. The molecule has 0 bridgehead atoms. The predicted octanol–water partition coefficient (Wildman–Crippen LogP) is 4.13. The quantitative estimate of drug-likeness (QED) is 0.576. The number of hydrogen-bond acceptors (Lipinski definition) is 3. The van der Waals surface area contributed by atoms with Crippen molar-refractivity contribution in [2.75, 3.05) is 0 Å². The Bertz CT molecular complexity index is 647. The Hall–Kier alpha value is -1.50. The second kappa shape index (κ2) is 5.79. The summed E-state index contributed by atoms with van der Waals surface area (Å²) in [4.78, 5) is -1.30. The highest BCUT2D eigenvalue weighted by atomic mass is 32.2. The zero-order valence-electron chi connectivity index (χ0n) is 11.3. The summed E-state index contributed by atoms with van der Waals surface area (Å²) in [5.41, 5.74) is -6.54. The molecule has 0 N–H and O–H groups in total. The minimum absolute atomic E-state index is 0.350. The molecule has 0 heterocycles. The van der Waals surface area contributed by atoms with Crippen LogP contribution in [-0.2, 0) is 14.3 Å². The van der Waals surface area contributed by atoms with Gasteiger partial charge >= 0.3 is 24.1 Å². The van der Waals surface area contributed by atoms with Crippen molar-refractivity contribution in [3.8, 4) is 0 Å². The maximum absolute atomic E-state index is 12.6. The second-order valence-electron chi connectivity index (χ2n) is 4.52. The molecular weight excluding hydrogens is 383 g/mol. The largest absolute Gasteiger partial charge is 0.437 e. The maximum Gasteiger partial charge on any atom is 0.437 e. The molecule has 0 amide bonds. The monoisotopic (exact) mass is 390 g/mol. The first-order valence-electron chi connectivity index (χ1n) is 5.68. The third-order valence-corrected chi connectivity index (χ3v) is 4.06. The Morgan fingerprint density at radius 1 is 0.750 bits per heavy atom. The minimum Gasteiger partial charge on any atom is -0.231 e. The van der Waals surface area contributed by atoms with Crippen molar-refractivity contribution < 1.29 is 52.1 Å². The summed E-state index contributed by atoms with van der Waals surface area (Å²) in [6.07, 6.45) is -21.4. The van der Waals surface area contributed by atoms with Gasteiger partial charge in [0.2, 0.25) is 0 Å². The van der Waals surface area contributed by atoms with E-state index in [0.717, 1.165) is 12.1 Å². The smallest absolute Gasteiger partial charge is 0.231 e. The van der Waals surface area contributed by atoms with Gasteiger partial charge in [-0.3, -0.25) is 0 Å². The van der Waals surface area contributed by atoms with E-state index in [9.17, 15) is 47.9 Å². The Morgan fingerprint density at radius 2 is 1.08 bits per heavy atom. The maximum atomic E-state index is 12.6. The molecule has 0 radical (unpaired) electrons. The summed E-state index contributed by atoms with van der Waals surface area (Å²) < 4.78 is 140. The molecule has 138 valence electrons. The molecule has 0 aliphatic heterocycles. The standard InChI is InChI=1S/C11H7F9O3S/c1-6-2-4-7(5-3-6)24(21,22)23-8(9(12,13)14,10(15,16)17)11(18,19)20/h2-5H,1H3. The second-order valence-corrected chi connectivity index (χ2v) is 6.07. The van der Waals surface area contributed by atoms with Crippen LogP contribution in [0, 0.1) is 6.92 Å². The van der Waals surface area contributed by atoms with Crippen LogP contribution >= 0.6 is 0 Å². The van der Waals surface area contributed by atoms with Gasteiger partial charge in [0.25, 0.3) is 10.1 Å².